The maximum Gasteiger partial charge on any atom is 0.345 e. The normalized spacial score (nSPS) is 33.3. The minimum atomic E-state index is -3.98. The Bertz CT molecular complexity index is 1050. The summed E-state index contributed by atoms with van der Waals surface area (Å²) in [7, 11) is -2.59. The van der Waals surface area contributed by atoms with E-state index in [-0.39, 0.29) is 22.7 Å². The van der Waals surface area contributed by atoms with Gasteiger partial charge >= 0.3 is 10.2 Å². The van der Waals surface area contributed by atoms with Gasteiger partial charge in [0.25, 0.3) is 5.91 Å². The predicted molar refractivity (Wildman–Crippen MR) is 118 cm³/mol. The van der Waals surface area contributed by atoms with Crippen LogP contribution in [0.2, 0.25) is 0 Å². The van der Waals surface area contributed by atoms with Crippen LogP contribution in [0.5, 0.6) is 0 Å². The number of amides is 1. The highest BCUT2D eigenvalue weighted by molar-refractivity contribution is 7.88. The number of carbonyl (C=O) groups is 1. The first kappa shape index (κ1) is 20.7. The Morgan fingerprint density at radius 3 is 2.35 bits per heavy atom. The lowest BCUT2D eigenvalue weighted by molar-refractivity contribution is -0.120. The number of carbonyl (C=O) groups excluding carboxylic acids is 1. The number of aryl methyl sites for hydroxylation is 2. The van der Waals surface area contributed by atoms with Crippen LogP contribution >= 0.6 is 0 Å². The van der Waals surface area contributed by atoms with Gasteiger partial charge in [-0.15, -0.1) is 4.40 Å². The topological polar surface area (TPSA) is 96.7 Å². The van der Waals surface area contributed by atoms with Gasteiger partial charge in [-0.05, 0) is 81.6 Å². The van der Waals surface area contributed by atoms with Crippen LogP contribution in [0.1, 0.15) is 56.7 Å². The van der Waals surface area contributed by atoms with E-state index >= 15 is 0 Å². The molecule has 1 aromatic heterocycles. The van der Waals surface area contributed by atoms with Crippen LogP contribution in [0.25, 0.3) is 0 Å². The summed E-state index contributed by atoms with van der Waals surface area (Å²) in [5, 5.41) is 7.47. The maximum absolute atomic E-state index is 13.2. The van der Waals surface area contributed by atoms with Crippen LogP contribution in [0.4, 0.5) is 0 Å². The van der Waals surface area contributed by atoms with Crippen LogP contribution in [-0.2, 0) is 21.5 Å². The van der Waals surface area contributed by atoms with Gasteiger partial charge in [-0.25, -0.2) is 4.31 Å². The lowest BCUT2D eigenvalue weighted by atomic mass is 9.49. The molecule has 1 aromatic rings. The summed E-state index contributed by atoms with van der Waals surface area (Å²) in [5.74, 6) is 2.06. The summed E-state index contributed by atoms with van der Waals surface area (Å²) >= 11 is 0. The molecule has 168 valence electrons. The molecule has 0 spiro atoms. The van der Waals surface area contributed by atoms with Gasteiger partial charge in [0.15, 0.2) is 0 Å². The molecule has 4 saturated carbocycles. The van der Waals surface area contributed by atoms with Crippen molar-refractivity contribution in [3.05, 3.63) is 29.2 Å². The predicted octanol–water partition coefficient (Wildman–Crippen LogP) is 2.41. The number of nitrogens with zero attached hydrogens (tertiary/aromatic N) is 4. The van der Waals surface area contributed by atoms with Crippen molar-refractivity contribution >= 4 is 21.8 Å². The number of rotatable bonds is 5. The van der Waals surface area contributed by atoms with Gasteiger partial charge in [-0.1, -0.05) is 0 Å². The van der Waals surface area contributed by atoms with Crippen molar-refractivity contribution in [1.82, 2.24) is 19.4 Å². The van der Waals surface area contributed by atoms with Crippen molar-refractivity contribution in [3.63, 3.8) is 0 Å². The molecule has 6 rings (SSSR count). The van der Waals surface area contributed by atoms with Gasteiger partial charge in [-0.2, -0.15) is 13.5 Å². The van der Waals surface area contributed by atoms with E-state index in [1.807, 2.05) is 13.8 Å². The third kappa shape index (κ3) is 3.60. The zero-order chi connectivity index (χ0) is 22.0. The average Bonchev–Trinajstić information content (AvgIpc) is 3.08. The van der Waals surface area contributed by atoms with Crippen LogP contribution < -0.4 is 5.32 Å². The molecule has 0 atom stereocenters. The minimum Gasteiger partial charge on any atom is -0.350 e. The Morgan fingerprint density at radius 2 is 1.81 bits per heavy atom. The van der Waals surface area contributed by atoms with Crippen molar-refractivity contribution in [2.24, 2.45) is 27.6 Å². The summed E-state index contributed by atoms with van der Waals surface area (Å²) in [6.45, 7) is 5.07. The number of allylic oxidation sites excluding steroid dienone is 1. The molecule has 4 aliphatic carbocycles. The summed E-state index contributed by atoms with van der Waals surface area (Å²) in [4.78, 5) is 13.2. The SMILES string of the molecule is CCn1cc(C2=NS(=O)(=O)N(C)C(C(=O)NCC34CC5CC(CC(C5)C3)C4)=C2)c(C)n1. The molecule has 4 bridgehead atoms. The Balaban J connectivity index is 1.38. The average molecular weight is 446 g/mol. The Morgan fingerprint density at radius 1 is 1.19 bits per heavy atom. The van der Waals surface area contributed by atoms with Gasteiger partial charge in [0.2, 0.25) is 0 Å². The van der Waals surface area contributed by atoms with Crippen molar-refractivity contribution in [2.45, 2.75) is 58.9 Å². The molecule has 0 radical (unpaired) electrons. The largest absolute Gasteiger partial charge is 0.350 e. The first-order chi connectivity index (χ1) is 14.7. The molecule has 0 unspecified atom stereocenters. The fourth-order valence-corrected chi connectivity index (χ4v) is 7.59. The molecule has 9 heteroatoms. The number of nitrogens with one attached hydrogen (secondary N) is 1. The van der Waals surface area contributed by atoms with E-state index in [4.69, 9.17) is 0 Å². The fraction of sp³-hybridized carbons (Fsp3) is 0.682. The summed E-state index contributed by atoms with van der Waals surface area (Å²) in [5.41, 5.74) is 1.87. The highest BCUT2D eigenvalue weighted by Crippen LogP contribution is 2.59. The molecule has 4 fully saturated rings. The van der Waals surface area contributed by atoms with Crippen molar-refractivity contribution in [2.75, 3.05) is 13.6 Å². The number of hydrogen-bond donors (Lipinski definition) is 1. The van der Waals surface area contributed by atoms with E-state index in [2.05, 4.69) is 14.8 Å². The molecule has 0 saturated heterocycles. The summed E-state index contributed by atoms with van der Waals surface area (Å²) < 4.78 is 32.0. The van der Waals surface area contributed by atoms with Gasteiger partial charge in [0.1, 0.15) is 5.70 Å². The first-order valence-electron chi connectivity index (χ1n) is 11.3. The zero-order valence-corrected chi connectivity index (χ0v) is 19.3. The zero-order valence-electron chi connectivity index (χ0n) is 18.5. The molecule has 8 nitrogen and oxygen atoms in total. The molecule has 2 heterocycles. The minimum absolute atomic E-state index is 0.110. The monoisotopic (exact) mass is 445 g/mol. The molecule has 1 N–H and O–H groups in total. The Hall–Kier alpha value is -2.16. The molecule has 1 amide bonds. The second kappa shape index (κ2) is 7.18. The smallest absolute Gasteiger partial charge is 0.345 e. The molecule has 1 aliphatic heterocycles. The van der Waals surface area contributed by atoms with Gasteiger partial charge in [-0.3, -0.25) is 9.48 Å². The molecule has 5 aliphatic rings. The Kier molecular flexibility index (Phi) is 4.80. The quantitative estimate of drug-likeness (QED) is 0.753. The second-order valence-electron chi connectivity index (χ2n) is 10.0. The molecule has 31 heavy (non-hydrogen) atoms. The van der Waals surface area contributed by atoms with Crippen LogP contribution in [0.15, 0.2) is 22.4 Å². The number of likely N-dealkylation sites (N-methyl/N-ethyl adjacent to an activating group) is 1. The lowest BCUT2D eigenvalue weighted by Crippen LogP contribution is -2.52. The highest BCUT2D eigenvalue weighted by atomic mass is 32.2. The standard InChI is InChI=1S/C22H31N5O3S/c1-4-27-12-18(14(2)24-27)19-8-20(26(3)31(29,30)25-19)21(28)23-13-22-9-15-5-16(10-22)7-17(6-15)11-22/h8,12,15-17H,4-7,9-11,13H2,1-3H3,(H,23,28). The van der Waals surface area contributed by atoms with E-state index in [0.29, 0.717) is 24.3 Å². The van der Waals surface area contributed by atoms with Crippen LogP contribution in [0, 0.1) is 30.1 Å². The van der Waals surface area contributed by atoms with E-state index in [1.165, 1.54) is 45.6 Å². The van der Waals surface area contributed by atoms with E-state index in [9.17, 15) is 13.2 Å². The Labute approximate surface area is 184 Å². The molecular weight excluding hydrogens is 414 g/mol. The lowest BCUT2D eigenvalue weighted by Gasteiger charge is -2.56. The van der Waals surface area contributed by atoms with Gasteiger partial charge < -0.3 is 5.32 Å². The summed E-state index contributed by atoms with van der Waals surface area (Å²) in [6.07, 6.45) is 11.0. The summed E-state index contributed by atoms with van der Waals surface area (Å²) in [6, 6.07) is 0. The van der Waals surface area contributed by atoms with Crippen molar-refractivity contribution in [3.8, 4) is 0 Å². The highest BCUT2D eigenvalue weighted by Gasteiger charge is 2.50. The third-order valence-corrected chi connectivity index (χ3v) is 9.06. The number of aromatic nitrogens is 2. The van der Waals surface area contributed by atoms with Crippen molar-refractivity contribution < 1.29 is 13.2 Å². The maximum atomic E-state index is 13.2. The second-order valence-corrected chi connectivity index (χ2v) is 11.7. The first-order valence-corrected chi connectivity index (χ1v) is 12.7. The van der Waals surface area contributed by atoms with Crippen LogP contribution in [-0.4, -0.2) is 47.7 Å². The molecule has 0 aromatic carbocycles. The van der Waals surface area contributed by atoms with E-state index < -0.39 is 10.2 Å². The third-order valence-electron chi connectivity index (χ3n) is 7.74. The number of hydrogen-bond acceptors (Lipinski definition) is 4. The van der Waals surface area contributed by atoms with E-state index in [0.717, 1.165) is 22.1 Å². The molecular formula is C22H31N5O3S. The van der Waals surface area contributed by atoms with Crippen molar-refractivity contribution in [1.29, 1.82) is 0 Å². The van der Waals surface area contributed by atoms with Gasteiger partial charge in [0.05, 0.1) is 11.4 Å². The van der Waals surface area contributed by atoms with Crippen LogP contribution in [0.3, 0.4) is 0 Å². The van der Waals surface area contributed by atoms with E-state index in [1.54, 1.807) is 17.0 Å². The fourth-order valence-electron chi connectivity index (χ4n) is 6.69. The van der Waals surface area contributed by atoms with Gasteiger partial charge in [0, 0.05) is 31.9 Å².